The van der Waals surface area contributed by atoms with E-state index < -0.39 is 18.4 Å². The zero-order valence-corrected chi connectivity index (χ0v) is 16.6. The highest BCUT2D eigenvalue weighted by Crippen LogP contribution is 2.39. The third kappa shape index (κ3) is 4.90. The molecule has 2 rings (SSSR count). The van der Waals surface area contributed by atoms with Gasteiger partial charge in [-0.15, -0.1) is 0 Å². The summed E-state index contributed by atoms with van der Waals surface area (Å²) >= 11 is 12.4. The van der Waals surface area contributed by atoms with E-state index in [-0.39, 0.29) is 4.32 Å². The fourth-order valence-corrected chi connectivity index (χ4v) is 3.72. The summed E-state index contributed by atoms with van der Waals surface area (Å²) in [5.74, 6) is -0.923. The number of thioether (sulfide) groups is 1. The van der Waals surface area contributed by atoms with Gasteiger partial charge in [0.15, 0.2) is 11.5 Å². The second kappa shape index (κ2) is 9.25. The van der Waals surface area contributed by atoms with Crippen LogP contribution in [0.15, 0.2) is 17.0 Å². The summed E-state index contributed by atoms with van der Waals surface area (Å²) in [7, 11) is 0. The largest absolute Gasteiger partial charge is 0.548 e. The first-order valence-electron chi connectivity index (χ1n) is 7.91. The monoisotopic (exact) mass is 414 g/mol. The Kier molecular flexibility index (Phi) is 7.31. The predicted molar refractivity (Wildman–Crippen MR) is 103 cm³/mol. The molecule has 0 spiro atoms. The number of thiocarbonyl (C=S) groups is 1. The average molecular weight is 415 g/mol. The van der Waals surface area contributed by atoms with Crippen LogP contribution in [0, 0.1) is 0 Å². The summed E-state index contributed by atoms with van der Waals surface area (Å²) in [4.78, 5) is 24.4. The number of rotatable bonds is 8. The molecule has 0 radical (unpaired) electrons. The van der Waals surface area contributed by atoms with Crippen molar-refractivity contribution in [3.05, 3.63) is 27.6 Å². The van der Waals surface area contributed by atoms with Crippen molar-refractivity contribution in [1.82, 2.24) is 4.90 Å². The molecule has 0 N–H and O–H groups in total. The number of carboxylic acids is 1. The molecule has 1 heterocycles. The molecule has 1 aliphatic rings. The molecule has 26 heavy (non-hydrogen) atoms. The summed E-state index contributed by atoms with van der Waals surface area (Å²) in [5, 5.41) is 11.1. The molecule has 0 bridgehead atoms. The second-order valence-corrected chi connectivity index (χ2v) is 7.33. The van der Waals surface area contributed by atoms with Crippen molar-refractivity contribution < 1.29 is 24.2 Å². The van der Waals surface area contributed by atoms with E-state index in [1.54, 1.807) is 18.2 Å². The van der Waals surface area contributed by atoms with Crippen LogP contribution >= 0.6 is 35.6 Å². The number of aliphatic carboxylic acids is 1. The lowest BCUT2D eigenvalue weighted by molar-refractivity contribution is -0.305. The fraction of sp³-hybridized carbons (Fsp3) is 0.353. The highest BCUT2D eigenvalue weighted by atomic mass is 35.5. The first-order chi connectivity index (χ1) is 12.4. The Labute approximate surface area is 166 Å². The maximum absolute atomic E-state index is 12.3. The Morgan fingerprint density at radius 3 is 2.73 bits per heavy atom. The Bertz CT molecular complexity index is 766. The van der Waals surface area contributed by atoms with Crippen LogP contribution in [0.5, 0.6) is 11.5 Å². The Morgan fingerprint density at radius 1 is 1.38 bits per heavy atom. The van der Waals surface area contributed by atoms with E-state index in [9.17, 15) is 14.7 Å². The van der Waals surface area contributed by atoms with Crippen LogP contribution in [0.25, 0.3) is 6.08 Å². The third-order valence-electron chi connectivity index (χ3n) is 3.24. The van der Waals surface area contributed by atoms with Gasteiger partial charge in [0.25, 0.3) is 5.91 Å². The third-order valence-corrected chi connectivity index (χ3v) is 4.90. The fourth-order valence-electron chi connectivity index (χ4n) is 2.20. The molecule has 0 aliphatic carbocycles. The number of hydrogen-bond acceptors (Lipinski definition) is 7. The molecule has 9 heteroatoms. The predicted octanol–water partition coefficient (Wildman–Crippen LogP) is 2.48. The zero-order valence-electron chi connectivity index (χ0n) is 14.2. The smallest absolute Gasteiger partial charge is 0.266 e. The first kappa shape index (κ1) is 20.5. The molecule has 1 fully saturated rings. The summed E-state index contributed by atoms with van der Waals surface area (Å²) in [6.45, 7) is 4.18. The number of ether oxygens (including phenoxy) is 2. The van der Waals surface area contributed by atoms with Crippen LogP contribution in [0.1, 0.15) is 25.8 Å². The molecule has 1 aromatic rings. The van der Waals surface area contributed by atoms with Gasteiger partial charge in [-0.25, -0.2) is 0 Å². The number of carboxylic acid groups (broad SMARTS) is 1. The average Bonchev–Trinajstić information content (AvgIpc) is 2.81. The van der Waals surface area contributed by atoms with Crippen molar-refractivity contribution in [2.45, 2.75) is 20.3 Å². The lowest BCUT2D eigenvalue weighted by atomic mass is 10.1. The van der Waals surface area contributed by atoms with Gasteiger partial charge >= 0.3 is 0 Å². The van der Waals surface area contributed by atoms with Gasteiger partial charge in [-0.2, -0.15) is 0 Å². The van der Waals surface area contributed by atoms with E-state index in [0.717, 1.165) is 23.1 Å². The zero-order chi connectivity index (χ0) is 19.3. The van der Waals surface area contributed by atoms with Crippen LogP contribution < -0.4 is 14.6 Å². The quantitative estimate of drug-likeness (QED) is 0.477. The van der Waals surface area contributed by atoms with Crippen LogP contribution in [0.4, 0.5) is 0 Å². The van der Waals surface area contributed by atoms with Crippen LogP contribution in [-0.4, -0.2) is 40.9 Å². The molecule has 0 atom stereocenters. The van der Waals surface area contributed by atoms with E-state index >= 15 is 0 Å². The summed E-state index contributed by atoms with van der Waals surface area (Å²) in [6.07, 6.45) is 2.41. The molecule has 1 aliphatic heterocycles. The van der Waals surface area contributed by atoms with E-state index in [1.807, 2.05) is 13.8 Å². The molecule has 1 amide bonds. The van der Waals surface area contributed by atoms with Crippen molar-refractivity contribution in [2.24, 2.45) is 0 Å². The van der Waals surface area contributed by atoms with Gasteiger partial charge in [0.2, 0.25) is 0 Å². The number of amides is 1. The number of halogens is 1. The standard InChI is InChI=1S/C17H18ClNO5S2/c1-3-5-24-15-11(18)6-10(7-12(15)23-4-2)8-13-16(22)19(9-14(20)21)17(25)26-13/h6-8H,3-5,9H2,1-2H3,(H,20,21)/p-1/b13-8-. The maximum Gasteiger partial charge on any atom is 0.266 e. The normalized spacial score (nSPS) is 15.7. The SMILES string of the molecule is CCCOc1c(Cl)cc(/C=C2\SC(=S)N(CC(=O)[O-])C2=O)cc1OCC. The van der Waals surface area contributed by atoms with Crippen molar-refractivity contribution in [3.63, 3.8) is 0 Å². The number of hydrogen-bond donors (Lipinski definition) is 0. The maximum atomic E-state index is 12.3. The summed E-state index contributed by atoms with van der Waals surface area (Å²) in [5.41, 5.74) is 0.622. The van der Waals surface area contributed by atoms with Crippen LogP contribution in [-0.2, 0) is 9.59 Å². The van der Waals surface area contributed by atoms with Crippen molar-refractivity contribution in [1.29, 1.82) is 0 Å². The number of benzene rings is 1. The van der Waals surface area contributed by atoms with Crippen molar-refractivity contribution in [3.8, 4) is 11.5 Å². The summed E-state index contributed by atoms with van der Waals surface area (Å²) < 4.78 is 11.4. The Hall–Kier alpha value is -1.77. The van der Waals surface area contributed by atoms with Gasteiger partial charge in [-0.05, 0) is 37.1 Å². The second-order valence-electron chi connectivity index (χ2n) is 5.25. The molecule has 140 valence electrons. The minimum atomic E-state index is -1.37. The van der Waals surface area contributed by atoms with Crippen molar-refractivity contribution >= 4 is 57.9 Å². The minimum absolute atomic E-state index is 0.171. The molecular formula is C17H17ClNO5S2-. The number of nitrogens with zero attached hydrogens (tertiary/aromatic N) is 1. The first-order valence-corrected chi connectivity index (χ1v) is 9.52. The van der Waals surface area contributed by atoms with E-state index in [1.165, 1.54) is 0 Å². The van der Waals surface area contributed by atoms with Crippen LogP contribution in [0.2, 0.25) is 5.02 Å². The lowest BCUT2D eigenvalue weighted by Gasteiger charge is -2.14. The molecule has 0 aromatic heterocycles. The highest BCUT2D eigenvalue weighted by molar-refractivity contribution is 8.26. The lowest BCUT2D eigenvalue weighted by Crippen LogP contribution is -2.40. The molecule has 0 saturated carbocycles. The van der Waals surface area contributed by atoms with Gasteiger partial charge in [0.05, 0.1) is 35.7 Å². The van der Waals surface area contributed by atoms with Crippen LogP contribution in [0.3, 0.4) is 0 Å². The Balaban J connectivity index is 2.34. The molecular weight excluding hydrogens is 398 g/mol. The molecule has 1 saturated heterocycles. The molecule has 6 nitrogen and oxygen atoms in total. The van der Waals surface area contributed by atoms with Gasteiger partial charge < -0.3 is 19.4 Å². The van der Waals surface area contributed by atoms with E-state index in [4.69, 9.17) is 33.3 Å². The number of carbonyl (C=O) groups excluding carboxylic acids is 2. The summed E-state index contributed by atoms with van der Waals surface area (Å²) in [6, 6.07) is 3.37. The van der Waals surface area contributed by atoms with Crippen molar-refractivity contribution in [2.75, 3.05) is 19.8 Å². The minimum Gasteiger partial charge on any atom is -0.548 e. The Morgan fingerprint density at radius 2 is 2.12 bits per heavy atom. The molecule has 0 unspecified atom stereocenters. The van der Waals surface area contributed by atoms with Gasteiger partial charge in [0, 0.05) is 0 Å². The molecule has 1 aromatic carbocycles. The van der Waals surface area contributed by atoms with Gasteiger partial charge in [0.1, 0.15) is 4.32 Å². The topological polar surface area (TPSA) is 78.9 Å². The van der Waals surface area contributed by atoms with Gasteiger partial charge in [-0.1, -0.05) is 42.5 Å². The van der Waals surface area contributed by atoms with E-state index in [0.29, 0.717) is 40.2 Å². The van der Waals surface area contributed by atoms with E-state index in [2.05, 4.69) is 0 Å². The highest BCUT2D eigenvalue weighted by Gasteiger charge is 2.32. The number of carbonyl (C=O) groups is 2. The van der Waals surface area contributed by atoms with Gasteiger partial charge in [-0.3, -0.25) is 9.69 Å².